The highest BCUT2D eigenvalue weighted by atomic mass is 32.2. The van der Waals surface area contributed by atoms with Gasteiger partial charge in [-0.25, -0.2) is 13.2 Å². The van der Waals surface area contributed by atoms with Gasteiger partial charge in [0.15, 0.2) is 0 Å². The number of aromatic carboxylic acids is 1. The van der Waals surface area contributed by atoms with Gasteiger partial charge in [0.2, 0.25) is 22.7 Å². The van der Waals surface area contributed by atoms with Crippen LogP contribution in [0.15, 0.2) is 21.6 Å². The molecule has 1 aliphatic rings. The van der Waals surface area contributed by atoms with Crippen LogP contribution in [0, 0.1) is 0 Å². The van der Waals surface area contributed by atoms with Crippen molar-refractivity contribution in [2.45, 2.75) is 18.1 Å². The first-order chi connectivity index (χ1) is 9.23. The van der Waals surface area contributed by atoms with Gasteiger partial charge in [-0.15, -0.1) is 0 Å². The summed E-state index contributed by atoms with van der Waals surface area (Å²) < 4.78 is 29.8. The molecule has 1 unspecified atom stereocenters. The molecule has 0 radical (unpaired) electrons. The number of carboxylic acid groups (broad SMARTS) is 1. The largest absolute Gasteiger partial charge is 0.475 e. The zero-order valence-corrected chi connectivity index (χ0v) is 11.0. The minimum Gasteiger partial charge on any atom is -0.475 e. The molecule has 2 rings (SSSR count). The molecular formula is C10H10N2O7S. The standard InChI is InChI=1S/C10H10N2O7S/c1-5-9(14)11-7(13)4-12(5)20(17,18)8-3-2-6(19-8)10(15)16/h2-3,5H,4H2,1H3,(H,15,16)(H,11,13,14). The van der Waals surface area contributed by atoms with E-state index in [1.54, 1.807) is 0 Å². The SMILES string of the molecule is CC1C(=O)NC(=O)CN1S(=O)(=O)c1ccc(C(=O)O)o1. The van der Waals surface area contributed by atoms with E-state index < -0.39 is 51.2 Å². The fourth-order valence-corrected chi connectivity index (χ4v) is 3.14. The molecule has 1 fully saturated rings. The van der Waals surface area contributed by atoms with E-state index in [-0.39, 0.29) is 0 Å². The predicted octanol–water partition coefficient (Wildman–Crippen LogP) is -0.987. The van der Waals surface area contributed by atoms with Crippen molar-refractivity contribution in [2.24, 2.45) is 0 Å². The highest BCUT2D eigenvalue weighted by molar-refractivity contribution is 7.89. The maximum absolute atomic E-state index is 12.2. The fourth-order valence-electron chi connectivity index (χ4n) is 1.67. The van der Waals surface area contributed by atoms with E-state index in [4.69, 9.17) is 9.52 Å². The van der Waals surface area contributed by atoms with Gasteiger partial charge in [0.1, 0.15) is 6.04 Å². The third kappa shape index (κ3) is 2.30. The average molecular weight is 302 g/mol. The minimum absolute atomic E-state index is 0.543. The molecule has 1 saturated heterocycles. The molecule has 0 spiro atoms. The number of amides is 2. The Balaban J connectivity index is 2.40. The zero-order chi connectivity index (χ0) is 15.1. The highest BCUT2D eigenvalue weighted by Gasteiger charge is 2.40. The lowest BCUT2D eigenvalue weighted by atomic mass is 10.2. The second kappa shape index (κ2) is 4.72. The van der Waals surface area contributed by atoms with Gasteiger partial charge in [0, 0.05) is 0 Å². The van der Waals surface area contributed by atoms with Crippen LogP contribution in [0.3, 0.4) is 0 Å². The van der Waals surface area contributed by atoms with Crippen molar-refractivity contribution in [1.82, 2.24) is 9.62 Å². The van der Waals surface area contributed by atoms with Crippen molar-refractivity contribution in [1.29, 1.82) is 0 Å². The molecule has 2 heterocycles. The van der Waals surface area contributed by atoms with Crippen LogP contribution in [0.2, 0.25) is 0 Å². The molecule has 108 valence electrons. The van der Waals surface area contributed by atoms with E-state index in [2.05, 4.69) is 0 Å². The number of sulfonamides is 1. The van der Waals surface area contributed by atoms with Crippen LogP contribution in [-0.2, 0) is 19.6 Å². The van der Waals surface area contributed by atoms with Crippen molar-refractivity contribution in [3.05, 3.63) is 17.9 Å². The van der Waals surface area contributed by atoms with E-state index in [1.165, 1.54) is 6.92 Å². The van der Waals surface area contributed by atoms with Gasteiger partial charge in [-0.3, -0.25) is 14.9 Å². The summed E-state index contributed by atoms with van der Waals surface area (Å²) in [6, 6.07) is 0.838. The summed E-state index contributed by atoms with van der Waals surface area (Å²) in [5.41, 5.74) is 0. The molecule has 0 saturated carbocycles. The zero-order valence-electron chi connectivity index (χ0n) is 10.2. The van der Waals surface area contributed by atoms with Gasteiger partial charge in [-0.1, -0.05) is 0 Å². The van der Waals surface area contributed by atoms with Crippen LogP contribution < -0.4 is 5.32 Å². The molecule has 0 bridgehead atoms. The summed E-state index contributed by atoms with van der Waals surface area (Å²) in [7, 11) is -4.27. The molecule has 9 nitrogen and oxygen atoms in total. The third-order valence-corrected chi connectivity index (χ3v) is 4.52. The monoisotopic (exact) mass is 302 g/mol. The molecule has 0 aromatic carbocycles. The Bertz CT molecular complexity index is 690. The van der Waals surface area contributed by atoms with Crippen molar-refractivity contribution in [3.63, 3.8) is 0 Å². The predicted molar refractivity (Wildman–Crippen MR) is 62.2 cm³/mol. The number of rotatable bonds is 3. The Hall–Kier alpha value is -2.20. The van der Waals surface area contributed by atoms with E-state index >= 15 is 0 Å². The second-order valence-corrected chi connectivity index (χ2v) is 5.88. The number of hydrogen-bond donors (Lipinski definition) is 2. The Kier molecular flexibility index (Phi) is 3.36. The maximum atomic E-state index is 12.2. The third-order valence-electron chi connectivity index (χ3n) is 2.73. The lowest BCUT2D eigenvalue weighted by molar-refractivity contribution is -0.136. The average Bonchev–Trinajstić information content (AvgIpc) is 2.83. The summed E-state index contributed by atoms with van der Waals surface area (Å²) in [6.45, 7) is 0.763. The van der Waals surface area contributed by atoms with Crippen LogP contribution >= 0.6 is 0 Å². The summed E-state index contributed by atoms with van der Waals surface area (Å²) >= 11 is 0. The number of imide groups is 1. The summed E-state index contributed by atoms with van der Waals surface area (Å²) in [6.07, 6.45) is 0. The molecule has 1 aromatic heterocycles. The van der Waals surface area contributed by atoms with Gasteiger partial charge < -0.3 is 9.52 Å². The van der Waals surface area contributed by atoms with E-state index in [0.717, 1.165) is 12.1 Å². The first-order valence-corrected chi connectivity index (χ1v) is 6.86. The first kappa shape index (κ1) is 14.2. The number of carboxylic acids is 1. The van der Waals surface area contributed by atoms with Crippen molar-refractivity contribution in [3.8, 4) is 0 Å². The molecule has 1 aliphatic heterocycles. The Labute approximate surface area is 113 Å². The smallest absolute Gasteiger partial charge is 0.371 e. The fraction of sp³-hybridized carbons (Fsp3) is 0.300. The number of hydrogen-bond acceptors (Lipinski definition) is 6. The molecule has 1 aromatic rings. The molecular weight excluding hydrogens is 292 g/mol. The van der Waals surface area contributed by atoms with Crippen molar-refractivity contribution < 1.29 is 32.3 Å². The van der Waals surface area contributed by atoms with Gasteiger partial charge >= 0.3 is 5.97 Å². The number of nitrogens with zero attached hydrogens (tertiary/aromatic N) is 1. The van der Waals surface area contributed by atoms with Crippen LogP contribution in [-0.4, -0.2) is 48.2 Å². The summed E-state index contributed by atoms with van der Waals surface area (Å²) in [4.78, 5) is 33.4. The quantitative estimate of drug-likeness (QED) is 0.685. The molecule has 1 atom stereocenters. The maximum Gasteiger partial charge on any atom is 0.371 e. The topological polar surface area (TPSA) is 134 Å². The van der Waals surface area contributed by atoms with E-state index in [9.17, 15) is 22.8 Å². The normalized spacial score (nSPS) is 20.8. The molecule has 0 aliphatic carbocycles. The number of carbonyl (C=O) groups is 3. The van der Waals surface area contributed by atoms with Gasteiger partial charge in [0.05, 0.1) is 6.54 Å². The van der Waals surface area contributed by atoms with Crippen molar-refractivity contribution >= 4 is 27.8 Å². The van der Waals surface area contributed by atoms with Crippen molar-refractivity contribution in [2.75, 3.05) is 6.54 Å². The van der Waals surface area contributed by atoms with Crippen LogP contribution in [0.25, 0.3) is 0 Å². The van der Waals surface area contributed by atoms with E-state index in [0.29, 0.717) is 4.31 Å². The highest BCUT2D eigenvalue weighted by Crippen LogP contribution is 2.22. The minimum atomic E-state index is -4.27. The number of furan rings is 1. The number of piperazine rings is 1. The molecule has 10 heteroatoms. The second-order valence-electron chi connectivity index (χ2n) is 4.06. The van der Waals surface area contributed by atoms with Crippen LogP contribution in [0.5, 0.6) is 0 Å². The first-order valence-electron chi connectivity index (χ1n) is 5.42. The van der Waals surface area contributed by atoms with Crippen LogP contribution in [0.1, 0.15) is 17.5 Å². The number of carbonyl (C=O) groups excluding carboxylic acids is 2. The Morgan fingerprint density at radius 1 is 1.45 bits per heavy atom. The Morgan fingerprint density at radius 3 is 2.65 bits per heavy atom. The summed E-state index contributed by atoms with van der Waals surface area (Å²) in [5.74, 6) is -3.49. The Morgan fingerprint density at radius 2 is 2.10 bits per heavy atom. The van der Waals surface area contributed by atoms with Crippen LogP contribution in [0.4, 0.5) is 0 Å². The van der Waals surface area contributed by atoms with Gasteiger partial charge in [-0.05, 0) is 19.1 Å². The molecule has 2 N–H and O–H groups in total. The van der Waals surface area contributed by atoms with E-state index in [1.807, 2.05) is 5.32 Å². The summed E-state index contributed by atoms with van der Waals surface area (Å²) in [5, 5.41) is 10.1. The molecule has 20 heavy (non-hydrogen) atoms. The number of nitrogens with one attached hydrogen (secondary N) is 1. The van der Waals surface area contributed by atoms with Gasteiger partial charge in [-0.2, -0.15) is 4.31 Å². The molecule has 2 amide bonds. The lowest BCUT2D eigenvalue weighted by Gasteiger charge is -2.29. The van der Waals surface area contributed by atoms with Gasteiger partial charge in [0.25, 0.3) is 10.0 Å². The lowest BCUT2D eigenvalue weighted by Crippen LogP contribution is -2.58.